The SMILES string of the molecule is Cc1cc(COc2ccc(S(=O)(=O)NC3(C(=O)NO)CN(C=O)C3)cc2)c2ccccc2n1. The number of aromatic nitrogens is 1. The molecule has 1 aliphatic heterocycles. The Morgan fingerprint density at radius 1 is 1.21 bits per heavy atom. The van der Waals surface area contributed by atoms with Gasteiger partial charge in [-0.2, -0.15) is 4.72 Å². The summed E-state index contributed by atoms with van der Waals surface area (Å²) in [6.45, 7) is 1.80. The number of aryl methyl sites for hydroxylation is 1. The Kier molecular flexibility index (Phi) is 6.02. The minimum Gasteiger partial charge on any atom is -0.489 e. The lowest BCUT2D eigenvalue weighted by atomic mass is 9.91. The van der Waals surface area contributed by atoms with Crippen molar-refractivity contribution in [3.8, 4) is 5.75 Å². The maximum Gasteiger partial charge on any atom is 0.268 e. The van der Waals surface area contributed by atoms with Crippen LogP contribution in [0.15, 0.2) is 59.5 Å². The quantitative estimate of drug-likeness (QED) is 0.255. The van der Waals surface area contributed by atoms with Crippen LogP contribution >= 0.6 is 0 Å². The second-order valence-electron chi connectivity index (χ2n) is 7.84. The number of likely N-dealkylation sites (tertiary alicyclic amines) is 1. The molecule has 1 aromatic heterocycles. The zero-order valence-corrected chi connectivity index (χ0v) is 18.5. The third kappa shape index (κ3) is 4.51. The molecule has 0 unspecified atom stereocenters. The molecule has 4 rings (SSSR count). The summed E-state index contributed by atoms with van der Waals surface area (Å²) in [5.74, 6) is -0.477. The van der Waals surface area contributed by atoms with Crippen molar-refractivity contribution in [2.24, 2.45) is 0 Å². The van der Waals surface area contributed by atoms with E-state index in [1.807, 2.05) is 37.3 Å². The molecule has 2 amide bonds. The van der Waals surface area contributed by atoms with Gasteiger partial charge in [-0.1, -0.05) is 18.2 Å². The van der Waals surface area contributed by atoms with E-state index in [1.165, 1.54) is 34.6 Å². The maximum atomic E-state index is 12.8. The van der Waals surface area contributed by atoms with Gasteiger partial charge in [0.1, 0.15) is 17.9 Å². The summed E-state index contributed by atoms with van der Waals surface area (Å²) in [5, 5.41) is 9.95. The van der Waals surface area contributed by atoms with Crippen LogP contribution in [0.5, 0.6) is 5.75 Å². The van der Waals surface area contributed by atoms with Gasteiger partial charge in [0.2, 0.25) is 16.4 Å². The fraction of sp³-hybridized carbons (Fsp3) is 0.227. The molecule has 0 bridgehead atoms. The number of amides is 2. The van der Waals surface area contributed by atoms with Crippen molar-refractivity contribution in [1.29, 1.82) is 0 Å². The van der Waals surface area contributed by atoms with Crippen molar-refractivity contribution in [2.75, 3.05) is 13.1 Å². The molecule has 10 nitrogen and oxygen atoms in total. The molecule has 2 aromatic carbocycles. The number of nitrogens with zero attached hydrogens (tertiary/aromatic N) is 2. The fourth-order valence-corrected chi connectivity index (χ4v) is 5.14. The standard InChI is InChI=1S/C22H22N4O6S/c1-15-10-16(19-4-2-3-5-20(19)23-15)11-32-17-6-8-18(9-7-17)33(30,31)25-22(21(28)24-29)12-26(13-22)14-27/h2-10,14,25,29H,11-13H2,1H3,(H,24,28). The summed E-state index contributed by atoms with van der Waals surface area (Å²) in [6, 6.07) is 15.4. The molecule has 33 heavy (non-hydrogen) atoms. The summed E-state index contributed by atoms with van der Waals surface area (Å²) in [4.78, 5) is 28.5. The van der Waals surface area contributed by atoms with Crippen LogP contribution in [0.3, 0.4) is 0 Å². The second-order valence-corrected chi connectivity index (χ2v) is 9.52. The number of benzene rings is 2. The van der Waals surface area contributed by atoms with Crippen LogP contribution in [0.4, 0.5) is 0 Å². The summed E-state index contributed by atoms with van der Waals surface area (Å²) in [7, 11) is -4.11. The number of nitrogens with one attached hydrogen (secondary N) is 2. The lowest BCUT2D eigenvalue weighted by molar-refractivity contribution is -0.145. The average Bonchev–Trinajstić information content (AvgIpc) is 2.79. The number of hydroxylamine groups is 1. The van der Waals surface area contributed by atoms with Crippen LogP contribution < -0.4 is 14.9 Å². The maximum absolute atomic E-state index is 12.8. The van der Waals surface area contributed by atoms with E-state index >= 15 is 0 Å². The Hall–Kier alpha value is -3.54. The first kappa shape index (κ1) is 22.6. The third-order valence-corrected chi connectivity index (χ3v) is 6.97. The monoisotopic (exact) mass is 470 g/mol. The molecule has 1 fully saturated rings. The van der Waals surface area contributed by atoms with E-state index in [2.05, 4.69) is 9.71 Å². The number of rotatable bonds is 8. The van der Waals surface area contributed by atoms with Gasteiger partial charge in [-0.25, -0.2) is 13.9 Å². The number of ether oxygens (including phenoxy) is 1. The van der Waals surface area contributed by atoms with Gasteiger partial charge in [-0.15, -0.1) is 0 Å². The van der Waals surface area contributed by atoms with E-state index in [4.69, 9.17) is 9.94 Å². The summed E-state index contributed by atoms with van der Waals surface area (Å²) < 4.78 is 33.8. The molecule has 0 spiro atoms. The van der Waals surface area contributed by atoms with Crippen molar-refractivity contribution in [1.82, 2.24) is 20.1 Å². The highest BCUT2D eigenvalue weighted by Crippen LogP contribution is 2.25. The second kappa shape index (κ2) is 8.77. The number of sulfonamides is 1. The summed E-state index contributed by atoms with van der Waals surface area (Å²) in [6.07, 6.45) is 0.497. The first-order chi connectivity index (χ1) is 15.8. The molecule has 3 aromatic rings. The molecule has 0 atom stereocenters. The van der Waals surface area contributed by atoms with Crippen molar-refractivity contribution in [3.63, 3.8) is 0 Å². The molecule has 1 aliphatic rings. The molecule has 11 heteroatoms. The highest BCUT2D eigenvalue weighted by atomic mass is 32.2. The number of para-hydroxylation sites is 1. The molecule has 0 radical (unpaired) electrons. The van der Waals surface area contributed by atoms with E-state index in [9.17, 15) is 18.0 Å². The number of hydrogen-bond donors (Lipinski definition) is 3. The zero-order chi connectivity index (χ0) is 23.6. The lowest BCUT2D eigenvalue weighted by Crippen LogP contribution is -2.75. The number of hydrogen-bond acceptors (Lipinski definition) is 7. The minimum absolute atomic E-state index is 0.0882. The number of carbonyl (C=O) groups excluding carboxylic acids is 2. The van der Waals surface area contributed by atoms with Crippen molar-refractivity contribution in [3.05, 3.63) is 65.9 Å². The first-order valence-electron chi connectivity index (χ1n) is 10.0. The van der Waals surface area contributed by atoms with E-state index in [-0.39, 0.29) is 24.6 Å². The molecular formula is C22H22N4O6S. The Labute approximate surface area is 190 Å². The number of fused-ring (bicyclic) bond motifs is 1. The molecule has 172 valence electrons. The molecular weight excluding hydrogens is 448 g/mol. The predicted octanol–water partition coefficient (Wildman–Crippen LogP) is 1.12. The molecule has 0 aliphatic carbocycles. The highest BCUT2D eigenvalue weighted by Gasteiger charge is 2.52. The van der Waals surface area contributed by atoms with Gasteiger partial charge < -0.3 is 9.64 Å². The number of carbonyl (C=O) groups is 2. The number of pyridine rings is 1. The van der Waals surface area contributed by atoms with Gasteiger partial charge in [0, 0.05) is 16.6 Å². The van der Waals surface area contributed by atoms with Gasteiger partial charge in [0.15, 0.2) is 0 Å². The Bertz CT molecular complexity index is 1300. The van der Waals surface area contributed by atoms with Crippen molar-refractivity contribution in [2.45, 2.75) is 24.0 Å². The van der Waals surface area contributed by atoms with Crippen LogP contribution in [-0.4, -0.2) is 54.5 Å². The van der Waals surface area contributed by atoms with E-state index < -0.39 is 21.5 Å². The van der Waals surface area contributed by atoms with Crippen molar-refractivity contribution >= 4 is 33.2 Å². The van der Waals surface area contributed by atoms with Gasteiger partial charge >= 0.3 is 0 Å². The predicted molar refractivity (Wildman–Crippen MR) is 118 cm³/mol. The zero-order valence-electron chi connectivity index (χ0n) is 17.7. The summed E-state index contributed by atoms with van der Waals surface area (Å²) >= 11 is 0. The largest absolute Gasteiger partial charge is 0.489 e. The topological polar surface area (TPSA) is 138 Å². The minimum atomic E-state index is -4.11. The van der Waals surface area contributed by atoms with Crippen LogP contribution in [0.2, 0.25) is 0 Å². The first-order valence-corrected chi connectivity index (χ1v) is 11.5. The fourth-order valence-electron chi connectivity index (χ4n) is 3.79. The van der Waals surface area contributed by atoms with Crippen molar-refractivity contribution < 1.29 is 28.0 Å². The lowest BCUT2D eigenvalue weighted by Gasteiger charge is -2.46. The molecule has 3 N–H and O–H groups in total. The third-order valence-electron chi connectivity index (χ3n) is 5.42. The van der Waals surface area contributed by atoms with E-state index in [0.29, 0.717) is 12.2 Å². The highest BCUT2D eigenvalue weighted by molar-refractivity contribution is 7.89. The molecule has 1 saturated heterocycles. The van der Waals surface area contributed by atoms with Crippen LogP contribution in [0.1, 0.15) is 11.3 Å². The van der Waals surface area contributed by atoms with E-state index in [1.54, 1.807) is 0 Å². The van der Waals surface area contributed by atoms with Gasteiger partial charge in [0.25, 0.3) is 5.91 Å². The Morgan fingerprint density at radius 3 is 2.58 bits per heavy atom. The van der Waals surface area contributed by atoms with Gasteiger partial charge in [-0.05, 0) is 43.3 Å². The Morgan fingerprint density at radius 2 is 1.91 bits per heavy atom. The molecule has 0 saturated carbocycles. The van der Waals surface area contributed by atoms with Crippen LogP contribution in [-0.2, 0) is 26.2 Å². The average molecular weight is 471 g/mol. The summed E-state index contributed by atoms with van der Waals surface area (Å²) in [5.41, 5.74) is 2.51. The van der Waals surface area contributed by atoms with E-state index in [0.717, 1.165) is 22.2 Å². The molecule has 2 heterocycles. The van der Waals surface area contributed by atoms with Crippen LogP contribution in [0, 0.1) is 6.92 Å². The normalized spacial score (nSPS) is 15.0. The smallest absolute Gasteiger partial charge is 0.268 e. The van der Waals surface area contributed by atoms with Gasteiger partial charge in [0.05, 0.1) is 23.5 Å². The van der Waals surface area contributed by atoms with Crippen LogP contribution in [0.25, 0.3) is 10.9 Å². The Balaban J connectivity index is 1.48. The van der Waals surface area contributed by atoms with Gasteiger partial charge in [-0.3, -0.25) is 19.8 Å².